The van der Waals surface area contributed by atoms with Gasteiger partial charge in [-0.1, -0.05) is 158 Å². The van der Waals surface area contributed by atoms with E-state index < -0.39 is 10.8 Å². The highest BCUT2D eigenvalue weighted by molar-refractivity contribution is 5.86. The molecule has 6 aromatic carbocycles. The summed E-state index contributed by atoms with van der Waals surface area (Å²) in [5, 5.41) is 0. The van der Waals surface area contributed by atoms with Crippen molar-refractivity contribution in [2.75, 3.05) is 0 Å². The molecule has 45 heavy (non-hydrogen) atoms. The average molecular weight is 576 g/mol. The maximum Gasteiger partial charge on any atom is 0.163 e. The number of aromatic nitrogens is 3. The SMILES string of the molecule is CC1(c2nc(-c3ccccc3)nc(C3(c4ccccc4)c4ccccc4-c4ccccc43)n2)c2ccccc2-c2ccccc21. The molecule has 0 unspecified atom stereocenters. The molecule has 0 N–H and O–H groups in total. The Morgan fingerprint density at radius 1 is 0.378 bits per heavy atom. The first-order chi connectivity index (χ1) is 22.2. The summed E-state index contributed by atoms with van der Waals surface area (Å²) in [4.78, 5) is 16.4. The van der Waals surface area contributed by atoms with Gasteiger partial charge in [-0.2, -0.15) is 0 Å². The topological polar surface area (TPSA) is 38.7 Å². The monoisotopic (exact) mass is 575 g/mol. The Labute approximate surface area is 263 Å². The summed E-state index contributed by atoms with van der Waals surface area (Å²) < 4.78 is 0. The third-order valence-electron chi connectivity index (χ3n) is 9.83. The van der Waals surface area contributed by atoms with Crippen LogP contribution in [0.25, 0.3) is 33.6 Å². The van der Waals surface area contributed by atoms with Gasteiger partial charge in [-0.3, -0.25) is 0 Å². The highest BCUT2D eigenvalue weighted by Gasteiger charge is 2.50. The number of rotatable bonds is 4. The third-order valence-corrected chi connectivity index (χ3v) is 9.83. The van der Waals surface area contributed by atoms with Crippen LogP contribution in [0.4, 0.5) is 0 Å². The summed E-state index contributed by atoms with van der Waals surface area (Å²) in [6.07, 6.45) is 0. The molecular weight excluding hydrogens is 546 g/mol. The van der Waals surface area contributed by atoms with Crippen LogP contribution in [0.5, 0.6) is 0 Å². The number of hydrogen-bond acceptors (Lipinski definition) is 3. The molecule has 0 aliphatic heterocycles. The van der Waals surface area contributed by atoms with E-state index in [4.69, 9.17) is 15.0 Å². The largest absolute Gasteiger partial charge is 0.215 e. The fourth-order valence-electron chi connectivity index (χ4n) is 7.78. The lowest BCUT2D eigenvalue weighted by atomic mass is 9.71. The summed E-state index contributed by atoms with van der Waals surface area (Å²) in [5.74, 6) is 2.16. The summed E-state index contributed by atoms with van der Waals surface area (Å²) in [6.45, 7) is 2.28. The van der Waals surface area contributed by atoms with E-state index in [1.807, 2.05) is 18.2 Å². The summed E-state index contributed by atoms with van der Waals surface area (Å²) in [7, 11) is 0. The van der Waals surface area contributed by atoms with E-state index in [1.165, 1.54) is 44.5 Å². The van der Waals surface area contributed by atoms with E-state index >= 15 is 0 Å². The molecule has 0 atom stereocenters. The van der Waals surface area contributed by atoms with Gasteiger partial charge in [0.15, 0.2) is 11.6 Å². The Morgan fingerprint density at radius 3 is 1.31 bits per heavy atom. The number of nitrogens with zero attached hydrogens (tertiary/aromatic N) is 3. The quantitative estimate of drug-likeness (QED) is 0.210. The lowest BCUT2D eigenvalue weighted by Gasteiger charge is -2.33. The molecule has 1 heterocycles. The molecule has 9 rings (SSSR count). The van der Waals surface area contributed by atoms with E-state index in [1.54, 1.807) is 0 Å². The molecule has 0 amide bonds. The van der Waals surface area contributed by atoms with Crippen molar-refractivity contribution < 1.29 is 0 Å². The molecule has 3 heteroatoms. The molecule has 7 aromatic rings. The molecule has 2 aliphatic rings. The molecule has 0 saturated carbocycles. The maximum absolute atomic E-state index is 5.62. The molecule has 212 valence electrons. The van der Waals surface area contributed by atoms with Gasteiger partial charge >= 0.3 is 0 Å². The van der Waals surface area contributed by atoms with E-state index in [0.717, 1.165) is 22.8 Å². The smallest absolute Gasteiger partial charge is 0.163 e. The van der Waals surface area contributed by atoms with Gasteiger partial charge in [-0.15, -0.1) is 0 Å². The van der Waals surface area contributed by atoms with E-state index in [-0.39, 0.29) is 0 Å². The second-order valence-electron chi connectivity index (χ2n) is 12.1. The van der Waals surface area contributed by atoms with Crippen molar-refractivity contribution in [1.29, 1.82) is 0 Å². The van der Waals surface area contributed by atoms with Gasteiger partial charge in [0.2, 0.25) is 0 Å². The first kappa shape index (κ1) is 25.8. The maximum atomic E-state index is 5.62. The van der Waals surface area contributed by atoms with Crippen LogP contribution in [0.3, 0.4) is 0 Å². The first-order valence-corrected chi connectivity index (χ1v) is 15.5. The molecular formula is C42H29N3. The van der Waals surface area contributed by atoms with Crippen molar-refractivity contribution in [3.63, 3.8) is 0 Å². The van der Waals surface area contributed by atoms with Crippen LogP contribution in [0.2, 0.25) is 0 Å². The summed E-state index contributed by atoms with van der Waals surface area (Å²) in [5.41, 5.74) is 10.5. The highest BCUT2D eigenvalue weighted by Crippen LogP contribution is 2.56. The van der Waals surface area contributed by atoms with Crippen LogP contribution in [0, 0.1) is 0 Å². The van der Waals surface area contributed by atoms with Crippen molar-refractivity contribution in [2.45, 2.75) is 17.8 Å². The van der Waals surface area contributed by atoms with E-state index in [9.17, 15) is 0 Å². The average Bonchev–Trinajstić information content (AvgIpc) is 3.57. The fraction of sp³-hybridized carbons (Fsp3) is 0.0714. The van der Waals surface area contributed by atoms with E-state index in [2.05, 4.69) is 146 Å². The predicted molar refractivity (Wildman–Crippen MR) is 180 cm³/mol. The van der Waals surface area contributed by atoms with Gasteiger partial charge in [-0.25, -0.2) is 15.0 Å². The van der Waals surface area contributed by atoms with Crippen molar-refractivity contribution in [3.05, 3.63) is 197 Å². The molecule has 0 spiro atoms. The summed E-state index contributed by atoms with van der Waals surface area (Å²) in [6, 6.07) is 55.9. The Morgan fingerprint density at radius 2 is 0.778 bits per heavy atom. The minimum Gasteiger partial charge on any atom is -0.215 e. The molecule has 0 fully saturated rings. The molecule has 0 radical (unpaired) electrons. The second kappa shape index (κ2) is 9.67. The molecule has 2 aliphatic carbocycles. The minimum absolute atomic E-state index is 0.579. The lowest BCUT2D eigenvalue weighted by molar-refractivity contribution is 0.607. The van der Waals surface area contributed by atoms with Gasteiger partial charge in [0, 0.05) is 5.56 Å². The minimum atomic E-state index is -0.732. The lowest BCUT2D eigenvalue weighted by Crippen LogP contribution is -2.34. The Bertz CT molecular complexity index is 2150. The van der Waals surface area contributed by atoms with Crippen LogP contribution < -0.4 is 0 Å². The van der Waals surface area contributed by atoms with Gasteiger partial charge in [0.1, 0.15) is 11.2 Å². The summed E-state index contributed by atoms with van der Waals surface area (Å²) >= 11 is 0. The van der Waals surface area contributed by atoms with Gasteiger partial charge in [0.25, 0.3) is 0 Å². The highest BCUT2D eigenvalue weighted by atomic mass is 15.1. The fourth-order valence-corrected chi connectivity index (χ4v) is 7.78. The van der Waals surface area contributed by atoms with E-state index in [0.29, 0.717) is 5.82 Å². The van der Waals surface area contributed by atoms with Gasteiger partial charge in [0.05, 0.1) is 5.41 Å². The Kier molecular flexibility index (Phi) is 5.54. The van der Waals surface area contributed by atoms with Crippen LogP contribution in [0.1, 0.15) is 46.4 Å². The number of hydrogen-bond donors (Lipinski definition) is 0. The first-order valence-electron chi connectivity index (χ1n) is 15.5. The number of fused-ring (bicyclic) bond motifs is 6. The molecule has 1 aromatic heterocycles. The van der Waals surface area contributed by atoms with Crippen LogP contribution in [0.15, 0.2) is 158 Å². The molecule has 0 bridgehead atoms. The van der Waals surface area contributed by atoms with Crippen molar-refractivity contribution in [1.82, 2.24) is 15.0 Å². The second-order valence-corrected chi connectivity index (χ2v) is 12.1. The molecule has 0 saturated heterocycles. The predicted octanol–water partition coefficient (Wildman–Crippen LogP) is 9.24. The van der Waals surface area contributed by atoms with Crippen LogP contribution in [-0.4, -0.2) is 15.0 Å². The van der Waals surface area contributed by atoms with Crippen LogP contribution in [-0.2, 0) is 10.8 Å². The van der Waals surface area contributed by atoms with Crippen molar-refractivity contribution in [3.8, 4) is 33.6 Å². The standard InChI is InChI=1S/C42H29N3/c1-41(34-24-12-8-20-30(34)31-21-9-13-25-35(31)41)39-43-38(28-16-4-2-5-17-28)44-40(45-39)42(29-18-6-3-7-19-29)36-26-14-10-22-32(36)33-23-11-15-27-37(33)42/h2-27H,1H3. The zero-order chi connectivity index (χ0) is 30.0. The Hall–Kier alpha value is -5.67. The zero-order valence-corrected chi connectivity index (χ0v) is 24.9. The van der Waals surface area contributed by atoms with Crippen LogP contribution >= 0.6 is 0 Å². The third kappa shape index (κ3) is 3.49. The molecule has 3 nitrogen and oxygen atoms in total. The Balaban J connectivity index is 1.43. The van der Waals surface area contributed by atoms with Gasteiger partial charge in [-0.05, 0) is 57.0 Å². The van der Waals surface area contributed by atoms with Crippen molar-refractivity contribution >= 4 is 0 Å². The van der Waals surface area contributed by atoms with Gasteiger partial charge < -0.3 is 0 Å². The zero-order valence-electron chi connectivity index (χ0n) is 24.9. The van der Waals surface area contributed by atoms with Crippen molar-refractivity contribution in [2.24, 2.45) is 0 Å². The normalized spacial score (nSPS) is 14.7. The number of benzene rings is 6.